The summed E-state index contributed by atoms with van der Waals surface area (Å²) in [6.07, 6.45) is 14.7. The van der Waals surface area contributed by atoms with Gasteiger partial charge in [-0.25, -0.2) is 4.39 Å². The van der Waals surface area contributed by atoms with E-state index in [2.05, 4.69) is 56.5 Å². The van der Waals surface area contributed by atoms with Crippen LogP contribution in [0.25, 0.3) is 11.3 Å². The Morgan fingerprint density at radius 1 is 0.969 bits per heavy atom. The Kier molecular flexibility index (Phi) is 5.75. The summed E-state index contributed by atoms with van der Waals surface area (Å²) in [5.41, 5.74) is 4.93. The fourth-order valence-electron chi connectivity index (χ4n) is 4.09. The number of rotatable bonds is 7. The highest BCUT2D eigenvalue weighted by molar-refractivity contribution is 5.57. The number of benzene rings is 1. The minimum absolute atomic E-state index is 0.217. The number of pyridine rings is 2. The van der Waals surface area contributed by atoms with Gasteiger partial charge in [-0.2, -0.15) is 5.10 Å². The zero-order valence-electron chi connectivity index (χ0n) is 17.7. The number of hydrogen-bond acceptors (Lipinski definition) is 4. The van der Waals surface area contributed by atoms with Crippen LogP contribution >= 0.6 is 0 Å². The first kappa shape index (κ1) is 20.1. The van der Waals surface area contributed by atoms with Gasteiger partial charge in [0.1, 0.15) is 5.82 Å². The third-order valence-corrected chi connectivity index (χ3v) is 5.71. The standard InChI is InChI=1S/C26H24FN5/c27-25-4-2-1-3-23(25)18-32-19-24(15-30-32)26-14-21(7-11-29-26)16-31-12-8-22(17-31)13-20-5-9-28-10-6-20/h1-12,14-15,19,22H,13,16-18H2. The Morgan fingerprint density at radius 3 is 2.69 bits per heavy atom. The van der Waals surface area contributed by atoms with Crippen LogP contribution in [0.4, 0.5) is 4.39 Å². The molecule has 0 radical (unpaired) electrons. The van der Waals surface area contributed by atoms with Crippen LogP contribution in [-0.2, 0) is 19.5 Å². The van der Waals surface area contributed by atoms with Gasteiger partial charge in [0.05, 0.1) is 18.4 Å². The van der Waals surface area contributed by atoms with Crippen molar-refractivity contribution in [2.45, 2.75) is 19.5 Å². The molecule has 0 amide bonds. The van der Waals surface area contributed by atoms with Crippen molar-refractivity contribution >= 4 is 0 Å². The summed E-state index contributed by atoms with van der Waals surface area (Å²) in [6.45, 7) is 2.23. The van der Waals surface area contributed by atoms with Crippen LogP contribution in [0.2, 0.25) is 0 Å². The van der Waals surface area contributed by atoms with E-state index in [0.717, 1.165) is 30.8 Å². The summed E-state index contributed by atoms with van der Waals surface area (Å²) in [6, 6.07) is 15.1. The quantitative estimate of drug-likeness (QED) is 0.430. The highest BCUT2D eigenvalue weighted by atomic mass is 19.1. The van der Waals surface area contributed by atoms with Gasteiger partial charge in [0, 0.05) is 54.9 Å². The van der Waals surface area contributed by atoms with Crippen LogP contribution in [0.1, 0.15) is 16.7 Å². The molecule has 1 atom stereocenters. The van der Waals surface area contributed by atoms with Crippen LogP contribution in [0, 0.1) is 11.7 Å². The molecule has 5 rings (SSSR count). The van der Waals surface area contributed by atoms with Gasteiger partial charge >= 0.3 is 0 Å². The SMILES string of the molecule is Fc1ccccc1Cn1cc(-c2cc(CN3C=CC(Cc4ccncc4)C3)ccn2)cn1. The maximum Gasteiger partial charge on any atom is 0.128 e. The Labute approximate surface area is 186 Å². The van der Waals surface area contributed by atoms with E-state index >= 15 is 0 Å². The highest BCUT2D eigenvalue weighted by Gasteiger charge is 2.17. The first-order valence-corrected chi connectivity index (χ1v) is 10.8. The Balaban J connectivity index is 1.22. The lowest BCUT2D eigenvalue weighted by atomic mass is 10.0. The van der Waals surface area contributed by atoms with Crippen LogP contribution in [0.5, 0.6) is 0 Å². The van der Waals surface area contributed by atoms with Crippen molar-refractivity contribution in [1.82, 2.24) is 24.6 Å². The van der Waals surface area contributed by atoms with Crippen molar-refractivity contribution in [3.63, 3.8) is 0 Å². The van der Waals surface area contributed by atoms with Gasteiger partial charge in [-0.05, 0) is 54.1 Å². The van der Waals surface area contributed by atoms with E-state index in [9.17, 15) is 4.39 Å². The highest BCUT2D eigenvalue weighted by Crippen LogP contribution is 2.22. The molecule has 0 spiro atoms. The molecule has 4 aromatic rings. The second-order valence-electron chi connectivity index (χ2n) is 8.16. The summed E-state index contributed by atoms with van der Waals surface area (Å²) in [5, 5.41) is 4.40. The van der Waals surface area contributed by atoms with Crippen molar-refractivity contribution in [3.8, 4) is 11.3 Å². The van der Waals surface area contributed by atoms with Gasteiger partial charge in [-0.15, -0.1) is 0 Å². The molecule has 0 saturated carbocycles. The average molecular weight is 426 g/mol. The smallest absolute Gasteiger partial charge is 0.128 e. The van der Waals surface area contributed by atoms with E-state index in [1.54, 1.807) is 23.0 Å². The summed E-state index contributed by atoms with van der Waals surface area (Å²) < 4.78 is 15.7. The molecule has 0 bridgehead atoms. The molecule has 1 aromatic carbocycles. The fourth-order valence-corrected chi connectivity index (χ4v) is 4.09. The summed E-state index contributed by atoms with van der Waals surface area (Å²) in [7, 11) is 0. The third kappa shape index (κ3) is 4.75. The van der Waals surface area contributed by atoms with E-state index < -0.39 is 0 Å². The Morgan fingerprint density at radius 2 is 1.81 bits per heavy atom. The van der Waals surface area contributed by atoms with Gasteiger partial charge in [0.2, 0.25) is 0 Å². The van der Waals surface area contributed by atoms with E-state index in [1.807, 2.05) is 30.9 Å². The molecule has 0 N–H and O–H groups in total. The number of halogens is 1. The minimum Gasteiger partial charge on any atom is -0.373 e. The van der Waals surface area contributed by atoms with Crippen LogP contribution < -0.4 is 0 Å². The van der Waals surface area contributed by atoms with Gasteiger partial charge in [0.25, 0.3) is 0 Å². The van der Waals surface area contributed by atoms with Crippen LogP contribution in [0.15, 0.2) is 91.8 Å². The lowest BCUT2D eigenvalue weighted by Crippen LogP contribution is -2.19. The lowest BCUT2D eigenvalue weighted by Gasteiger charge is -2.18. The number of hydrogen-bond donors (Lipinski definition) is 0. The molecular weight excluding hydrogens is 401 g/mol. The molecule has 1 aliphatic heterocycles. The summed E-state index contributed by atoms with van der Waals surface area (Å²) in [5.74, 6) is 0.292. The number of nitrogens with zero attached hydrogens (tertiary/aromatic N) is 5. The van der Waals surface area contributed by atoms with Gasteiger partial charge in [-0.1, -0.05) is 24.3 Å². The Hall–Kier alpha value is -3.80. The van der Waals surface area contributed by atoms with Crippen molar-refractivity contribution in [1.29, 1.82) is 0 Å². The average Bonchev–Trinajstić information content (AvgIpc) is 3.46. The van der Waals surface area contributed by atoms with Crippen molar-refractivity contribution < 1.29 is 4.39 Å². The topological polar surface area (TPSA) is 46.8 Å². The van der Waals surface area contributed by atoms with Crippen molar-refractivity contribution in [2.75, 3.05) is 6.54 Å². The maximum absolute atomic E-state index is 13.9. The van der Waals surface area contributed by atoms with Crippen molar-refractivity contribution in [2.24, 2.45) is 5.92 Å². The first-order chi connectivity index (χ1) is 15.7. The monoisotopic (exact) mass is 425 g/mol. The van der Waals surface area contributed by atoms with Gasteiger partial charge in [0.15, 0.2) is 0 Å². The second-order valence-corrected chi connectivity index (χ2v) is 8.16. The van der Waals surface area contributed by atoms with Crippen LogP contribution in [0.3, 0.4) is 0 Å². The number of aromatic nitrogens is 4. The zero-order chi connectivity index (χ0) is 21.8. The molecular formula is C26H24FN5. The predicted octanol–water partition coefficient (Wildman–Crippen LogP) is 4.72. The molecule has 5 nitrogen and oxygen atoms in total. The van der Waals surface area contributed by atoms with Crippen molar-refractivity contribution in [3.05, 3.63) is 114 Å². The summed E-state index contributed by atoms with van der Waals surface area (Å²) >= 11 is 0. The normalized spacial score (nSPS) is 15.4. The molecule has 160 valence electrons. The fraction of sp³-hybridized carbons (Fsp3) is 0.192. The molecule has 1 unspecified atom stereocenters. The molecule has 32 heavy (non-hydrogen) atoms. The molecule has 0 saturated heterocycles. The third-order valence-electron chi connectivity index (χ3n) is 5.71. The van der Waals surface area contributed by atoms with E-state index in [1.165, 1.54) is 17.2 Å². The van der Waals surface area contributed by atoms with E-state index in [0.29, 0.717) is 18.0 Å². The summed E-state index contributed by atoms with van der Waals surface area (Å²) in [4.78, 5) is 11.0. The minimum atomic E-state index is -0.217. The largest absolute Gasteiger partial charge is 0.373 e. The van der Waals surface area contributed by atoms with E-state index in [-0.39, 0.29) is 5.82 Å². The molecule has 1 aliphatic rings. The molecule has 3 aromatic heterocycles. The molecule has 6 heteroatoms. The Bertz CT molecular complexity index is 1220. The first-order valence-electron chi connectivity index (χ1n) is 10.8. The zero-order valence-corrected chi connectivity index (χ0v) is 17.7. The molecule has 4 heterocycles. The molecule has 0 aliphatic carbocycles. The van der Waals surface area contributed by atoms with E-state index in [4.69, 9.17) is 0 Å². The van der Waals surface area contributed by atoms with Crippen LogP contribution in [-0.4, -0.2) is 31.2 Å². The molecule has 0 fully saturated rings. The second kappa shape index (κ2) is 9.14. The predicted molar refractivity (Wildman–Crippen MR) is 122 cm³/mol. The maximum atomic E-state index is 13.9. The van der Waals surface area contributed by atoms with Gasteiger partial charge in [-0.3, -0.25) is 14.6 Å². The van der Waals surface area contributed by atoms with Gasteiger partial charge < -0.3 is 4.90 Å². The lowest BCUT2D eigenvalue weighted by molar-refractivity contribution is 0.361.